The molecule has 5 fully saturated rings. The average Bonchev–Trinajstić information content (AvgIpc) is 2.38. The molecule has 1 atom stereocenters. The summed E-state index contributed by atoms with van der Waals surface area (Å²) in [6.45, 7) is 1.12. The highest BCUT2D eigenvalue weighted by Crippen LogP contribution is 2.60. The Morgan fingerprint density at radius 3 is 2.16 bits per heavy atom. The Morgan fingerprint density at radius 1 is 1.00 bits per heavy atom. The molecule has 5 aliphatic rings. The van der Waals surface area contributed by atoms with E-state index in [1.54, 1.807) is 0 Å². The van der Waals surface area contributed by atoms with E-state index in [1.165, 1.54) is 57.8 Å². The predicted molar refractivity (Wildman–Crippen MR) is 75.9 cm³/mol. The van der Waals surface area contributed by atoms with Crippen LogP contribution in [0.25, 0.3) is 0 Å². The van der Waals surface area contributed by atoms with Gasteiger partial charge >= 0.3 is 0 Å². The lowest BCUT2D eigenvalue weighted by Crippen LogP contribution is -2.51. The Balaban J connectivity index is 1.47. The van der Waals surface area contributed by atoms with Crippen molar-refractivity contribution in [3.05, 3.63) is 0 Å². The van der Waals surface area contributed by atoms with Gasteiger partial charge in [0.15, 0.2) is 0 Å². The summed E-state index contributed by atoms with van der Waals surface area (Å²) >= 11 is 0. The monoisotopic (exact) mass is 261 g/mol. The minimum Gasteiger partial charge on any atom is -0.314 e. The number of carbonyl (C=O) groups is 1. The lowest BCUT2D eigenvalue weighted by molar-refractivity contribution is -0.144. The molecule has 5 rings (SSSR count). The third kappa shape index (κ3) is 2.16. The fourth-order valence-corrected chi connectivity index (χ4v) is 5.99. The van der Waals surface area contributed by atoms with E-state index in [0.29, 0.717) is 11.8 Å². The second-order valence-electron chi connectivity index (χ2n) is 7.97. The first kappa shape index (κ1) is 12.4. The van der Waals surface area contributed by atoms with Gasteiger partial charge in [-0.05, 0) is 75.7 Å². The first-order valence-electron chi connectivity index (χ1n) is 8.50. The van der Waals surface area contributed by atoms with Crippen LogP contribution in [0.5, 0.6) is 0 Å². The van der Waals surface area contributed by atoms with Gasteiger partial charge in [-0.2, -0.15) is 0 Å². The highest BCUT2D eigenvalue weighted by atomic mass is 16.1. The van der Waals surface area contributed by atoms with Crippen molar-refractivity contribution in [2.45, 2.75) is 70.3 Å². The van der Waals surface area contributed by atoms with Crippen molar-refractivity contribution < 1.29 is 4.79 Å². The van der Waals surface area contributed by atoms with Gasteiger partial charge in [0, 0.05) is 17.9 Å². The molecule has 1 N–H and O–H groups in total. The standard InChI is InChI=1S/C17H27NO/c19-16(8-15-3-1-2-4-18-15)17-9-12-5-13(10-17)7-14(6-12)11-17/h12-15,18H,1-11H2. The van der Waals surface area contributed by atoms with E-state index in [9.17, 15) is 4.79 Å². The topological polar surface area (TPSA) is 29.1 Å². The van der Waals surface area contributed by atoms with E-state index in [2.05, 4.69) is 5.32 Å². The zero-order valence-corrected chi connectivity index (χ0v) is 12.0. The maximum Gasteiger partial charge on any atom is 0.140 e. The van der Waals surface area contributed by atoms with Gasteiger partial charge in [-0.3, -0.25) is 4.79 Å². The minimum atomic E-state index is 0.133. The van der Waals surface area contributed by atoms with Crippen LogP contribution in [0.4, 0.5) is 0 Å². The molecule has 106 valence electrons. The van der Waals surface area contributed by atoms with Crippen LogP contribution in [0, 0.1) is 23.2 Å². The number of hydrogen-bond acceptors (Lipinski definition) is 2. The fourth-order valence-electron chi connectivity index (χ4n) is 5.99. The van der Waals surface area contributed by atoms with Crippen LogP contribution >= 0.6 is 0 Å². The van der Waals surface area contributed by atoms with E-state index in [-0.39, 0.29) is 5.41 Å². The van der Waals surface area contributed by atoms with Gasteiger partial charge in [0.1, 0.15) is 5.78 Å². The summed E-state index contributed by atoms with van der Waals surface area (Å²) in [6.07, 6.45) is 12.7. The Hall–Kier alpha value is -0.370. The van der Waals surface area contributed by atoms with Gasteiger partial charge in [-0.25, -0.2) is 0 Å². The van der Waals surface area contributed by atoms with Gasteiger partial charge in [-0.15, -0.1) is 0 Å². The third-order valence-corrected chi connectivity index (χ3v) is 6.47. The lowest BCUT2D eigenvalue weighted by atomic mass is 9.48. The summed E-state index contributed by atoms with van der Waals surface area (Å²) in [5.41, 5.74) is 0.133. The number of carbonyl (C=O) groups excluding carboxylic acids is 1. The largest absolute Gasteiger partial charge is 0.314 e. The van der Waals surface area contributed by atoms with Crippen molar-refractivity contribution >= 4 is 5.78 Å². The first-order chi connectivity index (χ1) is 9.23. The van der Waals surface area contributed by atoms with Crippen LogP contribution in [0.2, 0.25) is 0 Å². The summed E-state index contributed by atoms with van der Waals surface area (Å²) in [5, 5.41) is 3.56. The molecule has 0 aromatic heterocycles. The van der Waals surface area contributed by atoms with Crippen molar-refractivity contribution in [3.63, 3.8) is 0 Å². The highest BCUT2D eigenvalue weighted by molar-refractivity contribution is 5.85. The normalized spacial score (nSPS) is 48.4. The number of ketones is 1. The molecule has 0 spiro atoms. The van der Waals surface area contributed by atoms with Crippen LogP contribution < -0.4 is 5.32 Å². The zero-order chi connectivity index (χ0) is 12.9. The number of nitrogens with one attached hydrogen (secondary N) is 1. The van der Waals surface area contributed by atoms with Crippen molar-refractivity contribution in [1.82, 2.24) is 5.32 Å². The Bertz CT molecular complexity index is 334. The number of rotatable bonds is 3. The van der Waals surface area contributed by atoms with E-state index in [0.717, 1.165) is 30.7 Å². The summed E-state index contributed by atoms with van der Waals surface area (Å²) in [4.78, 5) is 12.9. The number of piperidine rings is 1. The van der Waals surface area contributed by atoms with Gasteiger partial charge < -0.3 is 5.32 Å². The molecule has 4 bridgehead atoms. The zero-order valence-electron chi connectivity index (χ0n) is 12.0. The SMILES string of the molecule is O=C(CC1CCCCN1)C12CC3CC(CC(C3)C1)C2. The molecule has 0 amide bonds. The third-order valence-electron chi connectivity index (χ3n) is 6.47. The van der Waals surface area contributed by atoms with E-state index < -0.39 is 0 Å². The van der Waals surface area contributed by atoms with E-state index >= 15 is 0 Å². The number of hydrogen-bond donors (Lipinski definition) is 1. The molecule has 1 unspecified atom stereocenters. The quantitative estimate of drug-likeness (QED) is 0.844. The number of Topliss-reactive ketones (excluding diaryl/α,β-unsaturated/α-hetero) is 1. The average molecular weight is 261 g/mol. The Labute approximate surface area is 116 Å². The van der Waals surface area contributed by atoms with Gasteiger partial charge in [0.2, 0.25) is 0 Å². The fraction of sp³-hybridized carbons (Fsp3) is 0.941. The molecule has 4 aliphatic carbocycles. The van der Waals surface area contributed by atoms with Gasteiger partial charge in [0.25, 0.3) is 0 Å². The maximum atomic E-state index is 12.9. The van der Waals surface area contributed by atoms with Crippen molar-refractivity contribution in [3.8, 4) is 0 Å². The van der Waals surface area contributed by atoms with Gasteiger partial charge in [0.05, 0.1) is 0 Å². The Morgan fingerprint density at radius 2 is 1.63 bits per heavy atom. The lowest BCUT2D eigenvalue weighted by Gasteiger charge is -2.56. The summed E-state index contributed by atoms with van der Waals surface area (Å²) in [6, 6.07) is 0.495. The van der Waals surface area contributed by atoms with Crippen LogP contribution in [-0.2, 0) is 4.79 Å². The van der Waals surface area contributed by atoms with Crippen LogP contribution in [0.1, 0.15) is 64.2 Å². The minimum absolute atomic E-state index is 0.133. The summed E-state index contributed by atoms with van der Waals surface area (Å²) in [5.74, 6) is 3.32. The smallest absolute Gasteiger partial charge is 0.140 e. The molecule has 0 aromatic carbocycles. The molecule has 2 heteroatoms. The van der Waals surface area contributed by atoms with Crippen LogP contribution in [0.15, 0.2) is 0 Å². The molecule has 1 heterocycles. The molecule has 0 radical (unpaired) electrons. The summed E-state index contributed by atoms with van der Waals surface area (Å²) < 4.78 is 0. The molecule has 2 nitrogen and oxygen atoms in total. The van der Waals surface area contributed by atoms with Crippen molar-refractivity contribution in [2.24, 2.45) is 23.2 Å². The molecule has 19 heavy (non-hydrogen) atoms. The van der Waals surface area contributed by atoms with Crippen molar-refractivity contribution in [1.29, 1.82) is 0 Å². The second kappa shape index (κ2) is 4.58. The molecule has 1 saturated heterocycles. The van der Waals surface area contributed by atoms with Gasteiger partial charge in [-0.1, -0.05) is 6.42 Å². The molecular weight excluding hydrogens is 234 g/mol. The van der Waals surface area contributed by atoms with Crippen molar-refractivity contribution in [2.75, 3.05) is 6.54 Å². The second-order valence-corrected chi connectivity index (χ2v) is 7.97. The van der Waals surface area contributed by atoms with Crippen LogP contribution in [0.3, 0.4) is 0 Å². The molecular formula is C17H27NO. The maximum absolute atomic E-state index is 12.9. The van der Waals surface area contributed by atoms with E-state index in [1.807, 2.05) is 0 Å². The molecule has 1 aliphatic heterocycles. The predicted octanol–water partition coefficient (Wildman–Crippen LogP) is 3.30. The highest BCUT2D eigenvalue weighted by Gasteiger charge is 2.54. The Kier molecular flexibility index (Phi) is 2.98. The molecule has 0 aromatic rings. The first-order valence-corrected chi connectivity index (χ1v) is 8.50. The molecule has 4 saturated carbocycles. The summed E-state index contributed by atoms with van der Waals surface area (Å²) in [7, 11) is 0. The van der Waals surface area contributed by atoms with E-state index in [4.69, 9.17) is 0 Å². The van der Waals surface area contributed by atoms with Crippen LogP contribution in [-0.4, -0.2) is 18.4 Å².